The zero-order valence-corrected chi connectivity index (χ0v) is 17.3. The van der Waals surface area contributed by atoms with Gasteiger partial charge in [0.1, 0.15) is 5.75 Å². The van der Waals surface area contributed by atoms with Crippen LogP contribution in [0.4, 0.5) is 13.2 Å². The number of aromatic amines is 1. The number of pyridine rings is 2. The second-order valence-electron chi connectivity index (χ2n) is 7.60. The number of nitrogens with zero attached hydrogens (tertiary/aromatic N) is 3. The van der Waals surface area contributed by atoms with Gasteiger partial charge >= 0.3 is 6.36 Å². The Hall–Kier alpha value is -4.14. The molecular weight excluding hydrogens is 433 g/mol. The first-order valence-electron chi connectivity index (χ1n) is 10.1. The molecule has 0 aliphatic carbocycles. The zero-order valence-electron chi connectivity index (χ0n) is 17.3. The molecule has 5 aromatic rings. The third kappa shape index (κ3) is 4.17. The fourth-order valence-electron chi connectivity index (χ4n) is 3.74. The molecule has 5 rings (SSSR count). The Morgan fingerprint density at radius 3 is 2.48 bits per heavy atom. The lowest BCUT2D eigenvalue weighted by atomic mass is 10.1. The Morgan fingerprint density at radius 2 is 1.73 bits per heavy atom. The smallest absolute Gasteiger partial charge is 0.406 e. The molecule has 0 unspecified atom stereocenters. The van der Waals surface area contributed by atoms with Crippen LogP contribution in [0.2, 0.25) is 0 Å². The fraction of sp³-hybridized carbons (Fsp3) is 0.125. The van der Waals surface area contributed by atoms with E-state index in [1.807, 2.05) is 24.3 Å². The van der Waals surface area contributed by atoms with Crippen molar-refractivity contribution in [1.29, 1.82) is 0 Å². The number of H-pyrrole nitrogens is 1. The van der Waals surface area contributed by atoms with Crippen molar-refractivity contribution >= 4 is 16.6 Å². The van der Waals surface area contributed by atoms with E-state index < -0.39 is 6.36 Å². The van der Waals surface area contributed by atoms with Crippen molar-refractivity contribution in [2.45, 2.75) is 19.7 Å². The van der Waals surface area contributed by atoms with Crippen molar-refractivity contribution in [3.05, 3.63) is 94.2 Å². The molecule has 3 aromatic heterocycles. The third-order valence-corrected chi connectivity index (χ3v) is 5.38. The van der Waals surface area contributed by atoms with Gasteiger partial charge in [-0.1, -0.05) is 24.3 Å². The predicted octanol–water partition coefficient (Wildman–Crippen LogP) is 5.04. The average molecular weight is 450 g/mol. The summed E-state index contributed by atoms with van der Waals surface area (Å²) < 4.78 is 42.6. The number of nitrogens with one attached hydrogen (secondary N) is 1. The van der Waals surface area contributed by atoms with Crippen LogP contribution in [0.1, 0.15) is 17.1 Å². The second-order valence-corrected chi connectivity index (χ2v) is 7.60. The van der Waals surface area contributed by atoms with Crippen molar-refractivity contribution < 1.29 is 17.9 Å². The van der Waals surface area contributed by atoms with Crippen LogP contribution in [-0.2, 0) is 6.42 Å². The summed E-state index contributed by atoms with van der Waals surface area (Å²) in [7, 11) is 0. The highest BCUT2D eigenvalue weighted by molar-refractivity contribution is 5.79. The number of ether oxygens (including phenoxy) is 1. The molecule has 0 aliphatic heterocycles. The lowest BCUT2D eigenvalue weighted by Crippen LogP contribution is -2.16. The molecule has 0 spiro atoms. The molecule has 0 saturated heterocycles. The maximum absolute atomic E-state index is 12.7. The van der Waals surface area contributed by atoms with Crippen molar-refractivity contribution in [2.24, 2.45) is 0 Å². The van der Waals surface area contributed by atoms with E-state index in [9.17, 15) is 18.0 Å². The highest BCUT2D eigenvalue weighted by Crippen LogP contribution is 2.26. The summed E-state index contributed by atoms with van der Waals surface area (Å²) >= 11 is 0. The zero-order chi connectivity index (χ0) is 23.2. The lowest BCUT2D eigenvalue weighted by Gasteiger charge is -2.09. The quantitative estimate of drug-likeness (QED) is 0.417. The first-order chi connectivity index (χ1) is 15.8. The van der Waals surface area contributed by atoms with E-state index in [2.05, 4.69) is 19.8 Å². The van der Waals surface area contributed by atoms with Gasteiger partial charge in [0.2, 0.25) is 0 Å². The number of hydrogen-bond acceptors (Lipinski definition) is 4. The minimum atomic E-state index is -4.73. The van der Waals surface area contributed by atoms with Crippen molar-refractivity contribution in [3.8, 4) is 16.9 Å². The van der Waals surface area contributed by atoms with Gasteiger partial charge in [0.15, 0.2) is 16.9 Å². The minimum absolute atomic E-state index is 0.0247. The molecule has 0 amide bonds. The van der Waals surface area contributed by atoms with Gasteiger partial charge < -0.3 is 9.72 Å². The van der Waals surface area contributed by atoms with E-state index in [0.717, 1.165) is 16.8 Å². The Bertz CT molecular complexity index is 1540. The highest BCUT2D eigenvalue weighted by atomic mass is 19.4. The van der Waals surface area contributed by atoms with E-state index in [4.69, 9.17) is 0 Å². The molecule has 33 heavy (non-hydrogen) atoms. The molecule has 166 valence electrons. The fourth-order valence-corrected chi connectivity index (χ4v) is 3.74. The number of fused-ring (bicyclic) bond motifs is 2. The normalized spacial score (nSPS) is 11.9. The Kier molecular flexibility index (Phi) is 4.88. The lowest BCUT2D eigenvalue weighted by molar-refractivity contribution is -0.274. The second kappa shape index (κ2) is 7.77. The Labute approximate surface area is 185 Å². The third-order valence-electron chi connectivity index (χ3n) is 5.38. The topological polar surface area (TPSA) is 72.3 Å². The SMILES string of the molecule is Cc1c(Cc2nc3ccc(-c4ccc(OC(F)(F)F)cc4)cn3n2)[nH]c2ccccc2c1=O. The van der Waals surface area contributed by atoms with Gasteiger partial charge in [0.25, 0.3) is 0 Å². The summed E-state index contributed by atoms with van der Waals surface area (Å²) in [6.07, 6.45) is -2.63. The molecule has 3 heterocycles. The van der Waals surface area contributed by atoms with Gasteiger partial charge in [-0.05, 0) is 48.9 Å². The van der Waals surface area contributed by atoms with Crippen LogP contribution in [0, 0.1) is 6.92 Å². The maximum atomic E-state index is 12.7. The van der Waals surface area contributed by atoms with Gasteiger partial charge in [0.05, 0.1) is 6.42 Å². The highest BCUT2D eigenvalue weighted by Gasteiger charge is 2.31. The van der Waals surface area contributed by atoms with Gasteiger partial charge in [-0.25, -0.2) is 9.50 Å². The number of aromatic nitrogens is 4. The van der Waals surface area contributed by atoms with Crippen LogP contribution in [0.3, 0.4) is 0 Å². The van der Waals surface area contributed by atoms with Gasteiger partial charge in [0, 0.05) is 33.9 Å². The molecule has 6 nitrogen and oxygen atoms in total. The van der Waals surface area contributed by atoms with Crippen LogP contribution in [-0.4, -0.2) is 25.9 Å². The minimum Gasteiger partial charge on any atom is -0.406 e. The summed E-state index contributed by atoms with van der Waals surface area (Å²) in [4.78, 5) is 20.5. The summed E-state index contributed by atoms with van der Waals surface area (Å²) in [6.45, 7) is 1.78. The molecule has 2 aromatic carbocycles. The van der Waals surface area contributed by atoms with Crippen molar-refractivity contribution in [1.82, 2.24) is 19.6 Å². The molecule has 0 bridgehead atoms. The summed E-state index contributed by atoms with van der Waals surface area (Å²) in [5.41, 5.74) is 4.18. The molecule has 0 atom stereocenters. The van der Waals surface area contributed by atoms with Crippen molar-refractivity contribution in [2.75, 3.05) is 0 Å². The van der Waals surface area contributed by atoms with E-state index in [1.165, 1.54) is 12.1 Å². The van der Waals surface area contributed by atoms with Crippen molar-refractivity contribution in [3.63, 3.8) is 0 Å². The summed E-state index contributed by atoms with van der Waals surface area (Å²) in [5.74, 6) is 0.255. The monoisotopic (exact) mass is 450 g/mol. The number of rotatable bonds is 4. The van der Waals surface area contributed by atoms with Crippen LogP contribution >= 0.6 is 0 Å². The number of halogens is 3. The largest absolute Gasteiger partial charge is 0.573 e. The van der Waals surface area contributed by atoms with Crippen LogP contribution in [0.15, 0.2) is 71.7 Å². The number of hydrogen-bond donors (Lipinski definition) is 1. The molecule has 0 saturated carbocycles. The number of benzene rings is 2. The molecule has 0 radical (unpaired) electrons. The molecule has 0 aliphatic rings. The maximum Gasteiger partial charge on any atom is 0.573 e. The van der Waals surface area contributed by atoms with Gasteiger partial charge in [-0.15, -0.1) is 13.2 Å². The standard InChI is InChI=1S/C24H17F3N4O2/c1-14-20(28-19-5-3-2-4-18(19)23(14)32)12-21-29-22-11-8-16(13-31(22)30-21)15-6-9-17(10-7-15)33-24(25,26)27/h2-11,13H,12H2,1H3,(H,28,32). The van der Waals surface area contributed by atoms with Gasteiger partial charge in [-0.3, -0.25) is 4.79 Å². The van der Waals surface area contributed by atoms with E-state index in [-0.39, 0.29) is 11.2 Å². The Balaban J connectivity index is 1.44. The van der Waals surface area contributed by atoms with E-state index in [1.54, 1.807) is 41.9 Å². The number of para-hydroxylation sites is 1. The number of alkyl halides is 3. The molecule has 1 N–H and O–H groups in total. The summed E-state index contributed by atoms with van der Waals surface area (Å²) in [5, 5.41) is 5.16. The average Bonchev–Trinajstić information content (AvgIpc) is 3.18. The first kappa shape index (κ1) is 20.7. The molecule has 0 fully saturated rings. The van der Waals surface area contributed by atoms with Gasteiger partial charge in [-0.2, -0.15) is 5.10 Å². The first-order valence-corrected chi connectivity index (χ1v) is 10.1. The van der Waals surface area contributed by atoms with Crippen LogP contribution in [0.25, 0.3) is 27.7 Å². The Morgan fingerprint density at radius 1 is 1.00 bits per heavy atom. The van der Waals surface area contributed by atoms with Crippen LogP contribution in [0.5, 0.6) is 5.75 Å². The van der Waals surface area contributed by atoms with E-state index in [0.29, 0.717) is 34.4 Å². The van der Waals surface area contributed by atoms with E-state index >= 15 is 0 Å². The predicted molar refractivity (Wildman–Crippen MR) is 117 cm³/mol. The molecular formula is C24H17F3N4O2. The molecule has 9 heteroatoms. The van der Waals surface area contributed by atoms with Crippen LogP contribution < -0.4 is 10.2 Å². The summed E-state index contributed by atoms with van der Waals surface area (Å²) in [6, 6.07) is 16.5.